The number of rotatable bonds is 4. The summed E-state index contributed by atoms with van der Waals surface area (Å²) in [6, 6.07) is 0. The van der Waals surface area contributed by atoms with E-state index < -0.39 is 14.1 Å². The second kappa shape index (κ2) is 4.94. The molecule has 0 aliphatic carbocycles. The Balaban J connectivity index is 3.34. The molecule has 9 heavy (non-hydrogen) atoms. The fourth-order valence-corrected chi connectivity index (χ4v) is 1.08. The molecule has 0 aromatic rings. The molecule has 0 aromatic heterocycles. The number of hydrogen-bond donors (Lipinski definition) is 2. The lowest BCUT2D eigenvalue weighted by molar-refractivity contribution is 0.202. The van der Waals surface area contributed by atoms with Crippen molar-refractivity contribution in [2.45, 2.75) is 6.10 Å². The highest BCUT2D eigenvalue weighted by Gasteiger charge is 2.04. The highest BCUT2D eigenvalue weighted by Crippen LogP contribution is 2.20. The zero-order chi connectivity index (χ0) is 7.28. The molecule has 56 valence electrons. The van der Waals surface area contributed by atoms with Gasteiger partial charge in [-0.25, -0.2) is 0 Å². The van der Waals surface area contributed by atoms with E-state index in [2.05, 4.69) is 4.52 Å². The van der Waals surface area contributed by atoms with Gasteiger partial charge in [-0.1, -0.05) is 0 Å². The van der Waals surface area contributed by atoms with Crippen LogP contribution in [0, 0.1) is 0 Å². The maximum Gasteiger partial charge on any atom is 0.193 e. The highest BCUT2D eigenvalue weighted by molar-refractivity contribution is 7.39. The Morgan fingerprint density at radius 1 is 1.89 bits per heavy atom. The standard InChI is InChI=1S/C4H12NO3P/c1-8-9(7)3-4(6)2-5/h4,6,9H,2-3,5H2,1H3/t4-/m0/s1. The molecule has 0 amide bonds. The minimum absolute atomic E-state index is 0.139. The SMILES string of the molecule is CO[PH](=O)C[C@@H](O)CN. The van der Waals surface area contributed by atoms with E-state index in [-0.39, 0.29) is 12.7 Å². The maximum atomic E-state index is 10.5. The van der Waals surface area contributed by atoms with Gasteiger partial charge in [-0.2, -0.15) is 0 Å². The first kappa shape index (κ1) is 9.11. The van der Waals surface area contributed by atoms with Crippen molar-refractivity contribution in [1.82, 2.24) is 0 Å². The molecule has 3 N–H and O–H groups in total. The number of aliphatic hydroxyl groups excluding tert-OH is 1. The predicted molar refractivity (Wildman–Crippen MR) is 35.9 cm³/mol. The van der Waals surface area contributed by atoms with Crippen LogP contribution in [0.3, 0.4) is 0 Å². The van der Waals surface area contributed by atoms with Crippen LogP contribution in [0.5, 0.6) is 0 Å². The van der Waals surface area contributed by atoms with Crippen LogP contribution < -0.4 is 5.73 Å². The molecular weight excluding hydrogens is 141 g/mol. The molecule has 0 spiro atoms. The number of hydrogen-bond acceptors (Lipinski definition) is 4. The van der Waals surface area contributed by atoms with Crippen LogP contribution in [-0.2, 0) is 9.09 Å². The van der Waals surface area contributed by atoms with Crippen molar-refractivity contribution in [3.63, 3.8) is 0 Å². The van der Waals surface area contributed by atoms with Crippen molar-refractivity contribution < 1.29 is 14.2 Å². The molecule has 0 aliphatic heterocycles. The van der Waals surface area contributed by atoms with Gasteiger partial charge in [-0.15, -0.1) is 0 Å². The van der Waals surface area contributed by atoms with Crippen molar-refractivity contribution in [2.75, 3.05) is 19.8 Å². The van der Waals surface area contributed by atoms with Gasteiger partial charge in [-0.05, 0) is 0 Å². The summed E-state index contributed by atoms with van der Waals surface area (Å²) in [5.74, 6) is 0. The minimum Gasteiger partial charge on any atom is -0.391 e. The van der Waals surface area contributed by atoms with Crippen LogP contribution >= 0.6 is 8.03 Å². The monoisotopic (exact) mass is 153 g/mol. The second-order valence-electron chi connectivity index (χ2n) is 1.67. The van der Waals surface area contributed by atoms with E-state index in [9.17, 15) is 4.57 Å². The van der Waals surface area contributed by atoms with Gasteiger partial charge >= 0.3 is 0 Å². The Bertz CT molecular complexity index is 97.8. The van der Waals surface area contributed by atoms with E-state index in [1.54, 1.807) is 0 Å². The summed E-state index contributed by atoms with van der Waals surface area (Å²) in [5, 5.41) is 8.78. The molecule has 0 aromatic carbocycles. The molecule has 2 atom stereocenters. The Morgan fingerprint density at radius 3 is 2.78 bits per heavy atom. The molecule has 0 radical (unpaired) electrons. The molecule has 0 bridgehead atoms. The molecule has 0 fully saturated rings. The molecule has 0 heterocycles. The zero-order valence-electron chi connectivity index (χ0n) is 5.33. The van der Waals surface area contributed by atoms with Gasteiger partial charge in [0.15, 0.2) is 8.03 Å². The summed E-state index contributed by atoms with van der Waals surface area (Å²) in [5.41, 5.74) is 5.05. The summed E-state index contributed by atoms with van der Waals surface area (Å²) in [6.07, 6.45) is -0.520. The minimum atomic E-state index is -2.02. The lowest BCUT2D eigenvalue weighted by atomic mass is 10.4. The zero-order valence-corrected chi connectivity index (χ0v) is 6.33. The predicted octanol–water partition coefficient (Wildman–Crippen LogP) is -0.573. The van der Waals surface area contributed by atoms with E-state index >= 15 is 0 Å². The van der Waals surface area contributed by atoms with Crippen LogP contribution in [0.25, 0.3) is 0 Å². The van der Waals surface area contributed by atoms with E-state index in [0.717, 1.165) is 0 Å². The third-order valence-corrected chi connectivity index (χ3v) is 2.16. The van der Waals surface area contributed by atoms with E-state index in [1.807, 2.05) is 0 Å². The second-order valence-corrected chi connectivity index (χ2v) is 3.23. The third kappa shape index (κ3) is 4.60. The van der Waals surface area contributed by atoms with E-state index in [4.69, 9.17) is 10.8 Å². The molecule has 4 nitrogen and oxygen atoms in total. The lowest BCUT2D eigenvalue weighted by Crippen LogP contribution is -2.21. The average Bonchev–Trinajstić information content (AvgIpc) is 1.87. The van der Waals surface area contributed by atoms with Gasteiger partial charge in [0.2, 0.25) is 0 Å². The fraction of sp³-hybridized carbons (Fsp3) is 1.00. The van der Waals surface area contributed by atoms with Crippen molar-refractivity contribution in [1.29, 1.82) is 0 Å². The third-order valence-electron chi connectivity index (χ3n) is 0.902. The van der Waals surface area contributed by atoms with Crippen LogP contribution in [0.2, 0.25) is 0 Å². The van der Waals surface area contributed by atoms with Crippen LogP contribution in [0.1, 0.15) is 0 Å². The highest BCUT2D eigenvalue weighted by atomic mass is 31.1. The summed E-state index contributed by atoms with van der Waals surface area (Å²) in [7, 11) is -0.668. The van der Waals surface area contributed by atoms with Crippen molar-refractivity contribution in [2.24, 2.45) is 5.73 Å². The maximum absolute atomic E-state index is 10.5. The Kier molecular flexibility index (Phi) is 5.00. The quantitative estimate of drug-likeness (QED) is 0.530. The first-order chi connectivity index (χ1) is 4.20. The molecule has 5 heteroatoms. The molecule has 0 saturated heterocycles. The Hall–Kier alpha value is 0.110. The molecule has 0 aliphatic rings. The van der Waals surface area contributed by atoms with Gasteiger partial charge in [-0.3, -0.25) is 4.57 Å². The summed E-state index contributed by atoms with van der Waals surface area (Å²) >= 11 is 0. The summed E-state index contributed by atoms with van der Waals surface area (Å²) in [6.45, 7) is 0.139. The van der Waals surface area contributed by atoms with Crippen molar-refractivity contribution >= 4 is 8.03 Å². The molecule has 0 rings (SSSR count). The van der Waals surface area contributed by atoms with Crippen molar-refractivity contribution in [3.05, 3.63) is 0 Å². The lowest BCUT2D eigenvalue weighted by Gasteiger charge is -2.04. The fourth-order valence-electron chi connectivity index (χ4n) is 0.359. The van der Waals surface area contributed by atoms with Crippen LogP contribution in [0.15, 0.2) is 0 Å². The van der Waals surface area contributed by atoms with Gasteiger partial charge in [0.1, 0.15) is 0 Å². The van der Waals surface area contributed by atoms with E-state index in [1.165, 1.54) is 7.11 Å². The molecule has 1 unspecified atom stereocenters. The van der Waals surface area contributed by atoms with Gasteiger partial charge < -0.3 is 15.4 Å². The summed E-state index contributed by atoms with van der Waals surface area (Å²) in [4.78, 5) is 0. The number of nitrogens with two attached hydrogens (primary N) is 1. The Morgan fingerprint density at radius 2 is 2.44 bits per heavy atom. The van der Waals surface area contributed by atoms with E-state index in [0.29, 0.717) is 0 Å². The first-order valence-electron chi connectivity index (χ1n) is 2.65. The average molecular weight is 153 g/mol. The van der Waals surface area contributed by atoms with Crippen LogP contribution in [0.4, 0.5) is 0 Å². The van der Waals surface area contributed by atoms with Gasteiger partial charge in [0, 0.05) is 19.8 Å². The Labute approximate surface area is 54.9 Å². The topological polar surface area (TPSA) is 72.5 Å². The van der Waals surface area contributed by atoms with Gasteiger partial charge in [0.05, 0.1) is 6.10 Å². The molecular formula is C4H12NO3P. The molecule has 0 saturated carbocycles. The first-order valence-corrected chi connectivity index (χ1v) is 4.18. The largest absolute Gasteiger partial charge is 0.391 e. The normalized spacial score (nSPS) is 17.2. The summed E-state index contributed by atoms with van der Waals surface area (Å²) < 4.78 is 15.0. The van der Waals surface area contributed by atoms with Crippen molar-refractivity contribution in [3.8, 4) is 0 Å². The van der Waals surface area contributed by atoms with Crippen LogP contribution in [-0.4, -0.2) is 31.0 Å². The van der Waals surface area contributed by atoms with Gasteiger partial charge in [0.25, 0.3) is 0 Å². The number of aliphatic hydroxyl groups is 1. The smallest absolute Gasteiger partial charge is 0.193 e.